The molecule has 1 aromatic carbocycles. The molecular weight excluding hydrogens is 318 g/mol. The molecule has 0 heterocycles. The van der Waals surface area contributed by atoms with Crippen molar-refractivity contribution in [1.82, 2.24) is 5.32 Å². The highest BCUT2D eigenvalue weighted by atomic mass is 35.5. The fourth-order valence-corrected chi connectivity index (χ4v) is 2.77. The lowest BCUT2D eigenvalue weighted by Crippen LogP contribution is -2.34. The molecule has 6 heteroatoms. The molecule has 1 aliphatic rings. The van der Waals surface area contributed by atoms with Gasteiger partial charge in [-0.3, -0.25) is 4.79 Å². The SMILES string of the molecule is O=C(COC(=O)COc1cccc(Cl)c1)NCC1CCCCC1. The van der Waals surface area contributed by atoms with E-state index in [1.54, 1.807) is 24.3 Å². The van der Waals surface area contributed by atoms with E-state index in [1.165, 1.54) is 19.3 Å². The van der Waals surface area contributed by atoms with Gasteiger partial charge in [-0.05, 0) is 37.0 Å². The Hall–Kier alpha value is -1.75. The van der Waals surface area contributed by atoms with E-state index in [9.17, 15) is 9.59 Å². The summed E-state index contributed by atoms with van der Waals surface area (Å²) < 4.78 is 10.1. The first-order valence-electron chi connectivity index (χ1n) is 7.94. The minimum atomic E-state index is -0.585. The molecule has 0 aromatic heterocycles. The van der Waals surface area contributed by atoms with Crippen molar-refractivity contribution < 1.29 is 19.1 Å². The predicted octanol–water partition coefficient (Wildman–Crippen LogP) is 2.96. The molecule has 0 spiro atoms. The zero-order valence-corrected chi connectivity index (χ0v) is 13.8. The van der Waals surface area contributed by atoms with Crippen LogP contribution in [0.15, 0.2) is 24.3 Å². The lowest BCUT2D eigenvalue weighted by molar-refractivity contribution is -0.150. The van der Waals surface area contributed by atoms with Crippen molar-refractivity contribution in [3.05, 3.63) is 29.3 Å². The van der Waals surface area contributed by atoms with Crippen LogP contribution < -0.4 is 10.1 Å². The molecule has 0 radical (unpaired) electrons. The van der Waals surface area contributed by atoms with Crippen molar-refractivity contribution in [1.29, 1.82) is 0 Å². The molecule has 23 heavy (non-hydrogen) atoms. The zero-order valence-electron chi connectivity index (χ0n) is 13.1. The first kappa shape index (κ1) is 17.6. The number of ether oxygens (including phenoxy) is 2. The van der Waals surface area contributed by atoms with Gasteiger partial charge in [-0.15, -0.1) is 0 Å². The van der Waals surface area contributed by atoms with Crippen LogP contribution in [0, 0.1) is 5.92 Å². The summed E-state index contributed by atoms with van der Waals surface area (Å²) >= 11 is 5.81. The molecule has 0 saturated heterocycles. The highest BCUT2D eigenvalue weighted by Crippen LogP contribution is 2.22. The number of amides is 1. The topological polar surface area (TPSA) is 64.6 Å². The van der Waals surface area contributed by atoms with Gasteiger partial charge in [0.05, 0.1) is 0 Å². The summed E-state index contributed by atoms with van der Waals surface area (Å²) in [7, 11) is 0. The normalized spacial score (nSPS) is 15.0. The second kappa shape index (κ2) is 9.40. The molecule has 0 atom stereocenters. The van der Waals surface area contributed by atoms with Crippen molar-refractivity contribution in [2.24, 2.45) is 5.92 Å². The predicted molar refractivity (Wildman–Crippen MR) is 87.5 cm³/mol. The molecule has 1 aromatic rings. The van der Waals surface area contributed by atoms with Gasteiger partial charge in [-0.25, -0.2) is 4.79 Å². The molecule has 0 aliphatic heterocycles. The van der Waals surface area contributed by atoms with Gasteiger partial charge in [0.25, 0.3) is 5.91 Å². The fraction of sp³-hybridized carbons (Fsp3) is 0.529. The summed E-state index contributed by atoms with van der Waals surface area (Å²) in [6.45, 7) is 0.135. The van der Waals surface area contributed by atoms with Crippen LogP contribution in [-0.2, 0) is 14.3 Å². The smallest absolute Gasteiger partial charge is 0.344 e. The second-order valence-corrected chi connectivity index (χ2v) is 6.15. The van der Waals surface area contributed by atoms with Gasteiger partial charge in [0.1, 0.15) is 5.75 Å². The quantitative estimate of drug-likeness (QED) is 0.776. The Bertz CT molecular complexity index is 529. The molecule has 0 unspecified atom stereocenters. The standard InChI is InChI=1S/C17H22ClNO4/c18-14-7-4-8-15(9-14)22-12-17(21)23-11-16(20)19-10-13-5-2-1-3-6-13/h4,7-9,13H,1-3,5-6,10-12H2,(H,19,20). The minimum absolute atomic E-state index is 0.254. The number of carbonyl (C=O) groups excluding carboxylic acids is 2. The van der Waals surface area contributed by atoms with E-state index in [0.717, 1.165) is 12.8 Å². The molecule has 1 aliphatic carbocycles. The summed E-state index contributed by atoms with van der Waals surface area (Å²) in [5.74, 6) is 0.176. The van der Waals surface area contributed by atoms with Gasteiger partial charge in [-0.2, -0.15) is 0 Å². The Balaban J connectivity index is 1.59. The minimum Gasteiger partial charge on any atom is -0.482 e. The van der Waals surface area contributed by atoms with Crippen LogP contribution >= 0.6 is 11.6 Å². The van der Waals surface area contributed by atoms with Crippen molar-refractivity contribution in [2.45, 2.75) is 32.1 Å². The van der Waals surface area contributed by atoms with E-state index in [4.69, 9.17) is 21.1 Å². The van der Waals surface area contributed by atoms with Crippen LogP contribution in [0.1, 0.15) is 32.1 Å². The molecule has 2 rings (SSSR count). The largest absolute Gasteiger partial charge is 0.482 e. The lowest BCUT2D eigenvalue weighted by Gasteiger charge is -2.21. The average Bonchev–Trinajstić information content (AvgIpc) is 2.57. The van der Waals surface area contributed by atoms with E-state index >= 15 is 0 Å². The Kier molecular flexibility index (Phi) is 7.20. The van der Waals surface area contributed by atoms with Gasteiger partial charge < -0.3 is 14.8 Å². The maximum absolute atomic E-state index is 11.7. The van der Waals surface area contributed by atoms with E-state index in [1.807, 2.05) is 0 Å². The van der Waals surface area contributed by atoms with Crippen molar-refractivity contribution in [3.8, 4) is 5.75 Å². The van der Waals surface area contributed by atoms with Gasteiger partial charge in [-0.1, -0.05) is 36.9 Å². The number of hydrogen-bond donors (Lipinski definition) is 1. The first-order chi connectivity index (χ1) is 11.1. The second-order valence-electron chi connectivity index (χ2n) is 5.71. The summed E-state index contributed by atoms with van der Waals surface area (Å²) in [5.41, 5.74) is 0. The third kappa shape index (κ3) is 6.91. The molecule has 5 nitrogen and oxygen atoms in total. The first-order valence-corrected chi connectivity index (χ1v) is 8.32. The molecule has 1 N–H and O–H groups in total. The van der Waals surface area contributed by atoms with Gasteiger partial charge in [0.2, 0.25) is 0 Å². The third-order valence-corrected chi connectivity index (χ3v) is 4.06. The Morgan fingerprint density at radius 2 is 1.96 bits per heavy atom. The lowest BCUT2D eigenvalue weighted by atomic mass is 9.89. The van der Waals surface area contributed by atoms with Crippen molar-refractivity contribution in [3.63, 3.8) is 0 Å². The van der Waals surface area contributed by atoms with Gasteiger partial charge in [0.15, 0.2) is 13.2 Å². The monoisotopic (exact) mass is 339 g/mol. The van der Waals surface area contributed by atoms with Crippen LogP contribution in [0.5, 0.6) is 5.75 Å². The number of carbonyl (C=O) groups is 2. The number of benzene rings is 1. The van der Waals surface area contributed by atoms with E-state index in [2.05, 4.69) is 5.32 Å². The van der Waals surface area contributed by atoms with Crippen LogP contribution in [0.25, 0.3) is 0 Å². The third-order valence-electron chi connectivity index (χ3n) is 3.83. The van der Waals surface area contributed by atoms with Crippen LogP contribution in [0.2, 0.25) is 5.02 Å². The molecule has 0 bridgehead atoms. The highest BCUT2D eigenvalue weighted by molar-refractivity contribution is 6.30. The Morgan fingerprint density at radius 3 is 2.70 bits per heavy atom. The van der Waals surface area contributed by atoms with Crippen molar-refractivity contribution in [2.75, 3.05) is 19.8 Å². The Labute approximate surface area is 141 Å². The van der Waals surface area contributed by atoms with Gasteiger partial charge in [0, 0.05) is 11.6 Å². The summed E-state index contributed by atoms with van der Waals surface area (Å²) in [6.07, 6.45) is 6.07. The summed E-state index contributed by atoms with van der Waals surface area (Å²) in [5, 5.41) is 3.34. The number of halogens is 1. The maximum atomic E-state index is 11.7. The van der Waals surface area contributed by atoms with Crippen LogP contribution in [0.4, 0.5) is 0 Å². The maximum Gasteiger partial charge on any atom is 0.344 e. The number of hydrogen-bond acceptors (Lipinski definition) is 4. The zero-order chi connectivity index (χ0) is 16.5. The number of rotatable bonds is 7. The summed E-state index contributed by atoms with van der Waals surface area (Å²) in [6, 6.07) is 6.73. The van der Waals surface area contributed by atoms with Gasteiger partial charge >= 0.3 is 5.97 Å². The molecule has 126 valence electrons. The average molecular weight is 340 g/mol. The molecule has 1 amide bonds. The van der Waals surface area contributed by atoms with E-state index < -0.39 is 5.97 Å². The Morgan fingerprint density at radius 1 is 1.17 bits per heavy atom. The van der Waals surface area contributed by atoms with E-state index in [0.29, 0.717) is 23.2 Å². The molecule has 1 fully saturated rings. The van der Waals surface area contributed by atoms with Crippen LogP contribution in [0.3, 0.4) is 0 Å². The van der Waals surface area contributed by atoms with E-state index in [-0.39, 0.29) is 19.1 Å². The highest BCUT2D eigenvalue weighted by Gasteiger charge is 2.15. The molecule has 1 saturated carbocycles. The van der Waals surface area contributed by atoms with Crippen LogP contribution in [-0.4, -0.2) is 31.6 Å². The molecular formula is C17H22ClNO4. The number of nitrogens with one attached hydrogen (secondary N) is 1. The van der Waals surface area contributed by atoms with Crippen molar-refractivity contribution >= 4 is 23.5 Å². The summed E-state index contributed by atoms with van der Waals surface area (Å²) in [4.78, 5) is 23.2. The fourth-order valence-electron chi connectivity index (χ4n) is 2.59. The number of esters is 1.